The van der Waals surface area contributed by atoms with E-state index in [9.17, 15) is 14.7 Å². The largest absolute Gasteiger partial charge is 0.507 e. The molecule has 3 N–H and O–H groups in total. The second-order valence-electron chi connectivity index (χ2n) is 5.09. The summed E-state index contributed by atoms with van der Waals surface area (Å²) in [6.45, 7) is 2.63. The van der Waals surface area contributed by atoms with Crippen LogP contribution in [0.3, 0.4) is 0 Å². The summed E-state index contributed by atoms with van der Waals surface area (Å²) in [4.78, 5) is 23.5. The Morgan fingerprint density at radius 1 is 1.12 bits per heavy atom. The molecule has 0 aromatic heterocycles. The van der Waals surface area contributed by atoms with Gasteiger partial charge < -0.3 is 20.5 Å². The average Bonchev–Trinajstić information content (AvgIpc) is 2.56. The Hall–Kier alpha value is -2.86. The summed E-state index contributed by atoms with van der Waals surface area (Å²) in [7, 11) is 0. The number of amides is 1. The summed E-state index contributed by atoms with van der Waals surface area (Å²) in [5, 5.41) is 15.5. The van der Waals surface area contributed by atoms with Crippen molar-refractivity contribution >= 4 is 17.6 Å². The van der Waals surface area contributed by atoms with Crippen LogP contribution in [0.2, 0.25) is 0 Å². The molecule has 6 nitrogen and oxygen atoms in total. The fourth-order valence-electron chi connectivity index (χ4n) is 2.11. The highest BCUT2D eigenvalue weighted by atomic mass is 16.5. The lowest BCUT2D eigenvalue weighted by Gasteiger charge is -2.09. The normalized spacial score (nSPS) is 10.2. The Bertz CT molecular complexity index is 701. The number of carbonyl (C=O) groups excluding carboxylic acids is 2. The van der Waals surface area contributed by atoms with Gasteiger partial charge in [-0.1, -0.05) is 30.3 Å². The Kier molecular flexibility index (Phi) is 6.33. The van der Waals surface area contributed by atoms with Gasteiger partial charge in [0.2, 0.25) is 5.91 Å². The molecule has 2 aromatic rings. The van der Waals surface area contributed by atoms with Crippen molar-refractivity contribution in [3.8, 4) is 5.75 Å². The van der Waals surface area contributed by atoms with Crippen LogP contribution in [0.1, 0.15) is 22.8 Å². The summed E-state index contributed by atoms with van der Waals surface area (Å²) < 4.78 is 4.83. The standard InChI is InChI=1S/C18H20N2O4/c1-2-24-18(23)15-9-8-14(10-16(15)21)20-17(22)12-19-11-13-6-4-3-5-7-13/h3-10,19,21H,2,11-12H2,1H3,(H,20,22). The molecule has 0 aliphatic rings. The zero-order valence-corrected chi connectivity index (χ0v) is 13.4. The molecule has 0 atom stereocenters. The summed E-state index contributed by atoms with van der Waals surface area (Å²) >= 11 is 0. The fourth-order valence-corrected chi connectivity index (χ4v) is 2.11. The van der Waals surface area contributed by atoms with Gasteiger partial charge in [0.05, 0.1) is 13.2 Å². The van der Waals surface area contributed by atoms with Crippen molar-refractivity contribution in [1.82, 2.24) is 5.32 Å². The lowest BCUT2D eigenvalue weighted by Crippen LogP contribution is -2.27. The zero-order valence-electron chi connectivity index (χ0n) is 13.4. The molecule has 0 radical (unpaired) electrons. The molecule has 0 saturated carbocycles. The van der Waals surface area contributed by atoms with E-state index in [-0.39, 0.29) is 30.4 Å². The van der Waals surface area contributed by atoms with Gasteiger partial charge in [-0.05, 0) is 24.6 Å². The van der Waals surface area contributed by atoms with Gasteiger partial charge in [-0.2, -0.15) is 0 Å². The van der Waals surface area contributed by atoms with E-state index in [0.717, 1.165) is 5.56 Å². The predicted molar refractivity (Wildman–Crippen MR) is 90.8 cm³/mol. The van der Waals surface area contributed by atoms with Gasteiger partial charge in [0.15, 0.2) is 0 Å². The van der Waals surface area contributed by atoms with Gasteiger partial charge in [0, 0.05) is 18.3 Å². The first-order valence-electron chi connectivity index (χ1n) is 7.64. The van der Waals surface area contributed by atoms with Gasteiger partial charge in [-0.15, -0.1) is 0 Å². The van der Waals surface area contributed by atoms with Crippen LogP contribution in [-0.2, 0) is 16.1 Å². The molecule has 126 valence electrons. The van der Waals surface area contributed by atoms with Crippen LogP contribution >= 0.6 is 0 Å². The highest BCUT2D eigenvalue weighted by Crippen LogP contribution is 2.22. The molecule has 0 bridgehead atoms. The molecule has 1 amide bonds. The minimum absolute atomic E-state index is 0.0667. The zero-order chi connectivity index (χ0) is 17.4. The molecule has 0 spiro atoms. The molecular formula is C18H20N2O4. The van der Waals surface area contributed by atoms with Crippen molar-refractivity contribution < 1.29 is 19.4 Å². The smallest absolute Gasteiger partial charge is 0.341 e. The third-order valence-electron chi connectivity index (χ3n) is 3.23. The molecular weight excluding hydrogens is 308 g/mol. The molecule has 0 unspecified atom stereocenters. The topological polar surface area (TPSA) is 87.7 Å². The van der Waals surface area contributed by atoms with Crippen molar-refractivity contribution in [3.05, 3.63) is 59.7 Å². The van der Waals surface area contributed by atoms with Crippen molar-refractivity contribution in [2.75, 3.05) is 18.5 Å². The quantitative estimate of drug-likeness (QED) is 0.679. The Morgan fingerprint density at radius 3 is 2.54 bits per heavy atom. The van der Waals surface area contributed by atoms with E-state index in [4.69, 9.17) is 4.74 Å². The third kappa shape index (κ3) is 5.10. The van der Waals surface area contributed by atoms with Gasteiger partial charge in [-0.3, -0.25) is 4.79 Å². The van der Waals surface area contributed by atoms with Crippen LogP contribution in [-0.4, -0.2) is 30.1 Å². The van der Waals surface area contributed by atoms with E-state index in [2.05, 4.69) is 10.6 Å². The maximum absolute atomic E-state index is 11.9. The lowest BCUT2D eigenvalue weighted by molar-refractivity contribution is -0.115. The maximum Gasteiger partial charge on any atom is 0.341 e. The number of ether oxygens (including phenoxy) is 1. The number of benzene rings is 2. The Morgan fingerprint density at radius 2 is 1.88 bits per heavy atom. The predicted octanol–water partition coefficient (Wildman–Crippen LogP) is 2.30. The maximum atomic E-state index is 11.9. The number of rotatable bonds is 7. The number of aromatic hydroxyl groups is 1. The van der Waals surface area contributed by atoms with Crippen LogP contribution in [0.25, 0.3) is 0 Å². The second kappa shape index (κ2) is 8.69. The van der Waals surface area contributed by atoms with Crippen molar-refractivity contribution in [2.24, 2.45) is 0 Å². The third-order valence-corrected chi connectivity index (χ3v) is 3.23. The van der Waals surface area contributed by atoms with Crippen molar-refractivity contribution in [2.45, 2.75) is 13.5 Å². The first-order valence-corrected chi connectivity index (χ1v) is 7.64. The van der Waals surface area contributed by atoms with E-state index in [1.807, 2.05) is 30.3 Å². The lowest BCUT2D eigenvalue weighted by atomic mass is 10.2. The van der Waals surface area contributed by atoms with E-state index < -0.39 is 5.97 Å². The number of carbonyl (C=O) groups is 2. The number of phenols is 1. The van der Waals surface area contributed by atoms with E-state index >= 15 is 0 Å². The van der Waals surface area contributed by atoms with E-state index in [0.29, 0.717) is 12.2 Å². The average molecular weight is 328 g/mol. The number of anilines is 1. The number of hydrogen-bond acceptors (Lipinski definition) is 5. The van der Waals surface area contributed by atoms with Crippen molar-refractivity contribution in [3.63, 3.8) is 0 Å². The molecule has 0 heterocycles. The van der Waals surface area contributed by atoms with Crippen molar-refractivity contribution in [1.29, 1.82) is 0 Å². The van der Waals surface area contributed by atoms with Gasteiger partial charge in [0.25, 0.3) is 0 Å². The fraction of sp³-hybridized carbons (Fsp3) is 0.222. The minimum Gasteiger partial charge on any atom is -0.507 e. The Balaban J connectivity index is 1.85. The molecule has 0 saturated heterocycles. The van der Waals surface area contributed by atoms with Crippen LogP contribution in [0, 0.1) is 0 Å². The first-order chi connectivity index (χ1) is 11.6. The number of esters is 1. The minimum atomic E-state index is -0.600. The van der Waals surface area contributed by atoms with Crippen LogP contribution in [0.5, 0.6) is 5.75 Å². The highest BCUT2D eigenvalue weighted by Gasteiger charge is 2.13. The Labute approximate surface area is 140 Å². The molecule has 6 heteroatoms. The number of phenolic OH excluding ortho intramolecular Hbond substituents is 1. The SMILES string of the molecule is CCOC(=O)c1ccc(NC(=O)CNCc2ccccc2)cc1O. The van der Waals surface area contributed by atoms with Gasteiger partial charge >= 0.3 is 5.97 Å². The molecule has 2 rings (SSSR count). The summed E-state index contributed by atoms with van der Waals surface area (Å²) in [5.74, 6) is -1.07. The summed E-state index contributed by atoms with van der Waals surface area (Å²) in [6, 6.07) is 14.0. The molecule has 0 fully saturated rings. The van der Waals surface area contributed by atoms with Gasteiger partial charge in [-0.25, -0.2) is 4.79 Å². The first kappa shape index (κ1) is 17.5. The second-order valence-corrected chi connectivity index (χ2v) is 5.09. The van der Waals surface area contributed by atoms with E-state index in [1.165, 1.54) is 12.1 Å². The van der Waals surface area contributed by atoms with Crippen LogP contribution < -0.4 is 10.6 Å². The molecule has 0 aliphatic carbocycles. The highest BCUT2D eigenvalue weighted by molar-refractivity contribution is 5.95. The van der Waals surface area contributed by atoms with E-state index in [1.54, 1.807) is 13.0 Å². The number of hydrogen-bond donors (Lipinski definition) is 3. The number of nitrogens with one attached hydrogen (secondary N) is 2. The molecule has 0 aliphatic heterocycles. The van der Waals surface area contributed by atoms with Crippen LogP contribution in [0.4, 0.5) is 5.69 Å². The monoisotopic (exact) mass is 328 g/mol. The van der Waals surface area contributed by atoms with Crippen LogP contribution in [0.15, 0.2) is 48.5 Å². The molecule has 24 heavy (non-hydrogen) atoms. The summed E-state index contributed by atoms with van der Waals surface area (Å²) in [6.07, 6.45) is 0. The summed E-state index contributed by atoms with van der Waals surface area (Å²) in [5.41, 5.74) is 1.56. The van der Waals surface area contributed by atoms with Gasteiger partial charge in [0.1, 0.15) is 11.3 Å². The molecule has 2 aromatic carbocycles.